The van der Waals surface area contributed by atoms with Gasteiger partial charge in [0.2, 0.25) is 0 Å². The zero-order chi connectivity index (χ0) is 31.7. The van der Waals surface area contributed by atoms with Gasteiger partial charge in [0.05, 0.1) is 35.6 Å². The van der Waals surface area contributed by atoms with Crippen LogP contribution in [0.3, 0.4) is 0 Å². The summed E-state index contributed by atoms with van der Waals surface area (Å²) >= 11 is 0. The van der Waals surface area contributed by atoms with E-state index in [9.17, 15) is 5.26 Å². The van der Waals surface area contributed by atoms with Gasteiger partial charge >= 0.3 is 0 Å². The van der Waals surface area contributed by atoms with Gasteiger partial charge in [-0.3, -0.25) is 19.9 Å². The van der Waals surface area contributed by atoms with Crippen molar-refractivity contribution in [1.29, 1.82) is 5.26 Å². The molecule has 4 heterocycles. The lowest BCUT2D eigenvalue weighted by Crippen LogP contribution is -2.50. The van der Waals surface area contributed by atoms with Gasteiger partial charge in [-0.25, -0.2) is 0 Å². The molecule has 2 aromatic heterocycles. The number of hydrogen-bond donors (Lipinski definition) is 2. The van der Waals surface area contributed by atoms with E-state index in [-0.39, 0.29) is 6.23 Å². The van der Waals surface area contributed by atoms with Crippen LogP contribution in [-0.2, 0) is 25.9 Å². The summed E-state index contributed by atoms with van der Waals surface area (Å²) in [4.78, 5) is 9.62. The van der Waals surface area contributed by atoms with Gasteiger partial charge in [0, 0.05) is 61.4 Å². The van der Waals surface area contributed by atoms with Gasteiger partial charge < -0.3 is 14.8 Å². The molecule has 47 heavy (non-hydrogen) atoms. The van der Waals surface area contributed by atoms with E-state index >= 15 is 0 Å². The summed E-state index contributed by atoms with van der Waals surface area (Å²) in [5, 5.41) is 22.4. The van der Waals surface area contributed by atoms with Crippen molar-refractivity contribution >= 4 is 33.2 Å². The van der Waals surface area contributed by atoms with Crippen LogP contribution < -0.4 is 14.8 Å². The number of nitriles is 1. The molecule has 1 atom stereocenters. The predicted octanol–water partition coefficient (Wildman–Crippen LogP) is 6.56. The molecular weight excluding hydrogens is 586 g/mol. The Morgan fingerprint density at radius 1 is 0.894 bits per heavy atom. The maximum atomic E-state index is 10.0. The molecule has 9 heteroatoms. The van der Waals surface area contributed by atoms with Crippen molar-refractivity contribution in [2.45, 2.75) is 32.2 Å². The van der Waals surface area contributed by atoms with Gasteiger partial charge in [-0.05, 0) is 59.4 Å². The van der Waals surface area contributed by atoms with Gasteiger partial charge in [-0.15, -0.1) is 0 Å². The molecule has 2 N–H and O–H groups in total. The molecule has 2 aliphatic heterocycles. The molecule has 0 fully saturated rings. The monoisotopic (exact) mass is 621 g/mol. The molecule has 0 amide bonds. The fourth-order valence-electron chi connectivity index (χ4n) is 6.90. The number of ether oxygens (including phenoxy) is 2. The molecule has 234 valence electrons. The van der Waals surface area contributed by atoms with Crippen LogP contribution in [0.1, 0.15) is 27.8 Å². The number of benzene rings is 4. The van der Waals surface area contributed by atoms with Crippen molar-refractivity contribution in [2.75, 3.05) is 32.1 Å². The van der Waals surface area contributed by atoms with Gasteiger partial charge in [0.25, 0.3) is 0 Å². The number of pyridine rings is 1. The number of aromatic nitrogens is 3. The van der Waals surface area contributed by atoms with E-state index in [1.807, 2.05) is 30.3 Å². The molecule has 0 saturated carbocycles. The maximum absolute atomic E-state index is 10.0. The summed E-state index contributed by atoms with van der Waals surface area (Å²) in [6, 6.07) is 29.5. The van der Waals surface area contributed by atoms with Crippen molar-refractivity contribution < 1.29 is 9.47 Å². The first-order chi connectivity index (χ1) is 23.1. The van der Waals surface area contributed by atoms with Crippen LogP contribution in [-0.4, -0.2) is 58.0 Å². The molecule has 0 radical (unpaired) electrons. The zero-order valence-corrected chi connectivity index (χ0v) is 26.2. The van der Waals surface area contributed by atoms with Crippen molar-refractivity contribution in [3.63, 3.8) is 0 Å². The van der Waals surface area contributed by atoms with Gasteiger partial charge in [-0.1, -0.05) is 48.5 Å². The second-order valence-electron chi connectivity index (χ2n) is 12.3. The van der Waals surface area contributed by atoms with Gasteiger partial charge in [0.15, 0.2) is 17.7 Å². The highest BCUT2D eigenvalue weighted by Crippen LogP contribution is 2.38. The van der Waals surface area contributed by atoms with E-state index in [1.54, 1.807) is 19.5 Å². The molecule has 0 spiro atoms. The maximum Gasteiger partial charge on any atom is 0.165 e. The predicted molar refractivity (Wildman–Crippen MR) is 183 cm³/mol. The van der Waals surface area contributed by atoms with E-state index in [0.29, 0.717) is 28.3 Å². The zero-order valence-electron chi connectivity index (χ0n) is 26.2. The van der Waals surface area contributed by atoms with E-state index in [1.165, 1.54) is 22.3 Å². The van der Waals surface area contributed by atoms with Crippen LogP contribution in [0.15, 0.2) is 91.3 Å². The molecular formula is C38H35N7O2. The smallest absolute Gasteiger partial charge is 0.165 e. The van der Waals surface area contributed by atoms with Crippen LogP contribution >= 0.6 is 0 Å². The highest BCUT2D eigenvalue weighted by atomic mass is 16.5. The summed E-state index contributed by atoms with van der Waals surface area (Å²) in [7, 11) is 1.66. The number of H-pyrrole nitrogens is 1. The van der Waals surface area contributed by atoms with Crippen LogP contribution in [0.2, 0.25) is 0 Å². The van der Waals surface area contributed by atoms with Crippen molar-refractivity contribution in [3.8, 4) is 17.6 Å². The highest BCUT2D eigenvalue weighted by Gasteiger charge is 2.29. The lowest BCUT2D eigenvalue weighted by molar-refractivity contribution is -0.0143. The summed E-state index contributed by atoms with van der Waals surface area (Å²) < 4.78 is 12.9. The second-order valence-corrected chi connectivity index (χ2v) is 12.3. The molecule has 0 bridgehead atoms. The molecule has 0 aliphatic carbocycles. The summed E-state index contributed by atoms with van der Waals surface area (Å²) in [6.07, 6.45) is 5.19. The Hall–Kier alpha value is -5.43. The van der Waals surface area contributed by atoms with Crippen molar-refractivity contribution in [1.82, 2.24) is 25.0 Å². The number of methoxy groups -OCH3 is 1. The Balaban J connectivity index is 1.13. The summed E-state index contributed by atoms with van der Waals surface area (Å²) in [5.41, 5.74) is 9.11. The Kier molecular flexibility index (Phi) is 7.65. The topological polar surface area (TPSA) is 102 Å². The molecule has 1 unspecified atom stereocenters. The largest absolute Gasteiger partial charge is 0.493 e. The molecule has 2 aliphatic rings. The van der Waals surface area contributed by atoms with E-state index in [0.717, 1.165) is 67.5 Å². The third-order valence-corrected chi connectivity index (χ3v) is 9.44. The Morgan fingerprint density at radius 2 is 1.66 bits per heavy atom. The van der Waals surface area contributed by atoms with Crippen LogP contribution in [0.4, 0.5) is 11.4 Å². The molecule has 8 rings (SSSR count). The summed E-state index contributed by atoms with van der Waals surface area (Å²) in [5.74, 6) is 1.22. The number of nitrogens with one attached hydrogen (secondary N) is 2. The molecule has 0 saturated heterocycles. The van der Waals surface area contributed by atoms with Gasteiger partial charge in [-0.2, -0.15) is 10.4 Å². The first kappa shape index (κ1) is 29.0. The first-order valence-electron chi connectivity index (χ1n) is 16.0. The third kappa shape index (κ3) is 5.74. The third-order valence-electron chi connectivity index (χ3n) is 9.44. The van der Waals surface area contributed by atoms with Gasteiger partial charge in [0.1, 0.15) is 6.07 Å². The standard InChI is InChI=1S/C38H35N7O2/c1-46-35-17-32-34(40-20-30(19-39)38(32)42-31-11-10-27-21-41-43-33(27)16-31)18-36(35)47-37(45-15-13-26-7-3-5-9-29(26)23-45)24-44-14-12-25-6-2-4-8-28(25)22-44/h2-11,16-18,20-21,37H,12-15,22-24H2,1H3,(H,40,42)(H,41,43). The van der Waals surface area contributed by atoms with E-state index < -0.39 is 0 Å². The van der Waals surface area contributed by atoms with Crippen molar-refractivity contribution in [3.05, 3.63) is 119 Å². The normalized spacial score (nSPS) is 15.5. The fourth-order valence-corrected chi connectivity index (χ4v) is 6.90. The SMILES string of the molecule is COc1cc2c(Nc3ccc4cn[nH]c4c3)c(C#N)cnc2cc1OC(CN1CCc2ccccc2C1)N1CCc2ccccc2C1. The minimum atomic E-state index is -0.211. The summed E-state index contributed by atoms with van der Waals surface area (Å²) in [6.45, 7) is 4.35. The minimum absolute atomic E-state index is 0.211. The number of rotatable bonds is 8. The lowest BCUT2D eigenvalue weighted by atomic mass is 9.99. The van der Waals surface area contributed by atoms with Crippen LogP contribution in [0, 0.1) is 11.3 Å². The molecule has 9 nitrogen and oxygen atoms in total. The second kappa shape index (κ2) is 12.4. The number of hydrogen-bond acceptors (Lipinski definition) is 8. The minimum Gasteiger partial charge on any atom is -0.493 e. The first-order valence-corrected chi connectivity index (χ1v) is 16.0. The number of fused-ring (bicyclic) bond motifs is 4. The number of aromatic amines is 1. The average molecular weight is 622 g/mol. The van der Waals surface area contributed by atoms with Crippen molar-refractivity contribution in [2.24, 2.45) is 0 Å². The Morgan fingerprint density at radius 3 is 2.45 bits per heavy atom. The van der Waals surface area contributed by atoms with E-state index in [2.05, 4.69) is 84.9 Å². The average Bonchev–Trinajstić information content (AvgIpc) is 3.59. The quantitative estimate of drug-likeness (QED) is 0.197. The van der Waals surface area contributed by atoms with Crippen LogP contribution in [0.25, 0.3) is 21.8 Å². The number of anilines is 2. The van der Waals surface area contributed by atoms with Crippen LogP contribution in [0.5, 0.6) is 11.5 Å². The lowest BCUT2D eigenvalue weighted by Gasteiger charge is -2.39. The molecule has 4 aromatic carbocycles. The Labute approximate surface area is 273 Å². The number of nitrogens with zero attached hydrogens (tertiary/aromatic N) is 5. The Bertz CT molecular complexity index is 2140. The fraction of sp³-hybridized carbons (Fsp3) is 0.237. The highest BCUT2D eigenvalue weighted by molar-refractivity contribution is 5.98. The molecule has 6 aromatic rings. The van der Waals surface area contributed by atoms with E-state index in [4.69, 9.17) is 9.47 Å².